The van der Waals surface area contributed by atoms with Crippen LogP contribution < -0.4 is 15.2 Å². The first-order valence-corrected chi connectivity index (χ1v) is 6.54. The normalized spacial score (nSPS) is 14.4. The molecule has 8 heteroatoms. The molecule has 2 aromatic rings. The van der Waals surface area contributed by atoms with E-state index in [0.717, 1.165) is 5.56 Å². The van der Waals surface area contributed by atoms with Gasteiger partial charge in [0.25, 0.3) is 0 Å². The van der Waals surface area contributed by atoms with Crippen molar-refractivity contribution in [3.8, 4) is 22.8 Å². The van der Waals surface area contributed by atoms with E-state index in [4.69, 9.17) is 20.3 Å². The molecule has 1 atom stereocenters. The van der Waals surface area contributed by atoms with Gasteiger partial charge in [-0.3, -0.25) is 0 Å². The molecule has 112 valence electrons. The number of ether oxygens (including phenoxy) is 2. The molecule has 0 aliphatic carbocycles. The molecule has 0 saturated carbocycles. The van der Waals surface area contributed by atoms with Crippen LogP contribution in [0.5, 0.6) is 11.5 Å². The van der Waals surface area contributed by atoms with Crippen molar-refractivity contribution in [3.05, 3.63) is 23.9 Å². The molecule has 0 amide bonds. The fourth-order valence-corrected chi connectivity index (χ4v) is 2.23. The molecule has 21 heavy (non-hydrogen) atoms. The van der Waals surface area contributed by atoms with E-state index in [1.807, 2.05) is 12.1 Å². The van der Waals surface area contributed by atoms with Gasteiger partial charge in [0.15, 0.2) is 11.5 Å². The van der Waals surface area contributed by atoms with E-state index >= 15 is 0 Å². The van der Waals surface area contributed by atoms with Gasteiger partial charge in [-0.25, -0.2) is 4.68 Å². The van der Waals surface area contributed by atoms with E-state index in [1.165, 1.54) is 4.68 Å². The van der Waals surface area contributed by atoms with Gasteiger partial charge in [0.1, 0.15) is 5.69 Å². The SMILES string of the molecule is NCc1nnn(CC(O)CO)c1-c1ccc2c(c1)OCO2. The van der Waals surface area contributed by atoms with Crippen LogP contribution >= 0.6 is 0 Å². The monoisotopic (exact) mass is 292 g/mol. The van der Waals surface area contributed by atoms with Crippen LogP contribution in [0.15, 0.2) is 18.2 Å². The molecule has 8 nitrogen and oxygen atoms in total. The lowest BCUT2D eigenvalue weighted by Crippen LogP contribution is -2.21. The Bertz CT molecular complexity index is 643. The van der Waals surface area contributed by atoms with E-state index in [0.29, 0.717) is 22.9 Å². The van der Waals surface area contributed by atoms with Gasteiger partial charge >= 0.3 is 0 Å². The molecule has 2 heterocycles. The third kappa shape index (κ3) is 2.56. The molecule has 1 unspecified atom stereocenters. The third-order valence-electron chi connectivity index (χ3n) is 3.24. The number of nitrogens with two attached hydrogens (primary N) is 1. The van der Waals surface area contributed by atoms with Crippen molar-refractivity contribution < 1.29 is 19.7 Å². The third-order valence-corrected chi connectivity index (χ3v) is 3.24. The predicted octanol–water partition coefficient (Wildman–Crippen LogP) is -0.514. The molecule has 1 aromatic heterocycles. The lowest BCUT2D eigenvalue weighted by Gasteiger charge is -2.11. The summed E-state index contributed by atoms with van der Waals surface area (Å²) < 4.78 is 12.2. The Morgan fingerprint density at radius 1 is 1.33 bits per heavy atom. The highest BCUT2D eigenvalue weighted by Gasteiger charge is 2.20. The number of nitrogens with zero attached hydrogens (tertiary/aromatic N) is 3. The summed E-state index contributed by atoms with van der Waals surface area (Å²) in [5.41, 5.74) is 7.82. The number of hydrogen-bond acceptors (Lipinski definition) is 7. The minimum absolute atomic E-state index is 0.132. The van der Waals surface area contributed by atoms with Crippen LogP contribution in [-0.2, 0) is 13.1 Å². The van der Waals surface area contributed by atoms with Crippen molar-refractivity contribution in [1.82, 2.24) is 15.0 Å². The molecule has 0 radical (unpaired) electrons. The Morgan fingerprint density at radius 3 is 2.90 bits per heavy atom. The summed E-state index contributed by atoms with van der Waals surface area (Å²) in [6, 6.07) is 5.48. The van der Waals surface area contributed by atoms with Crippen molar-refractivity contribution in [2.24, 2.45) is 5.73 Å². The average molecular weight is 292 g/mol. The number of aliphatic hydroxyl groups excluding tert-OH is 2. The van der Waals surface area contributed by atoms with E-state index in [1.54, 1.807) is 6.07 Å². The van der Waals surface area contributed by atoms with Crippen LogP contribution in [0.1, 0.15) is 5.69 Å². The van der Waals surface area contributed by atoms with Crippen LogP contribution in [0.4, 0.5) is 0 Å². The minimum atomic E-state index is -0.912. The minimum Gasteiger partial charge on any atom is -0.454 e. The maximum Gasteiger partial charge on any atom is 0.231 e. The van der Waals surface area contributed by atoms with Gasteiger partial charge in [0.05, 0.1) is 24.9 Å². The van der Waals surface area contributed by atoms with Crippen molar-refractivity contribution in [1.29, 1.82) is 0 Å². The summed E-state index contributed by atoms with van der Waals surface area (Å²) in [7, 11) is 0. The molecule has 0 bridgehead atoms. The number of benzene rings is 1. The molecule has 0 spiro atoms. The second-order valence-corrected chi connectivity index (χ2v) is 4.68. The molecular weight excluding hydrogens is 276 g/mol. The molecule has 3 rings (SSSR count). The van der Waals surface area contributed by atoms with Crippen LogP contribution in [-0.4, -0.2) is 44.7 Å². The Morgan fingerprint density at radius 2 is 2.14 bits per heavy atom. The quantitative estimate of drug-likeness (QED) is 0.679. The largest absolute Gasteiger partial charge is 0.454 e. The first-order valence-electron chi connectivity index (χ1n) is 6.54. The molecule has 1 aromatic carbocycles. The summed E-state index contributed by atoms with van der Waals surface area (Å²) in [5, 5.41) is 26.6. The molecule has 0 fully saturated rings. The van der Waals surface area contributed by atoms with Gasteiger partial charge in [-0.15, -0.1) is 5.10 Å². The number of fused-ring (bicyclic) bond motifs is 1. The van der Waals surface area contributed by atoms with Crippen LogP contribution in [0.3, 0.4) is 0 Å². The van der Waals surface area contributed by atoms with E-state index < -0.39 is 6.10 Å². The maximum absolute atomic E-state index is 9.60. The average Bonchev–Trinajstić information content (AvgIpc) is 3.12. The van der Waals surface area contributed by atoms with Gasteiger partial charge < -0.3 is 25.4 Å². The predicted molar refractivity (Wildman–Crippen MR) is 72.6 cm³/mol. The van der Waals surface area contributed by atoms with E-state index in [9.17, 15) is 5.11 Å². The van der Waals surface area contributed by atoms with E-state index in [-0.39, 0.29) is 26.5 Å². The van der Waals surface area contributed by atoms with Gasteiger partial charge in [-0.2, -0.15) is 0 Å². The van der Waals surface area contributed by atoms with Crippen LogP contribution in [0.2, 0.25) is 0 Å². The molecule has 1 aliphatic rings. The Labute approximate surface area is 120 Å². The summed E-state index contributed by atoms with van der Waals surface area (Å²) >= 11 is 0. The zero-order chi connectivity index (χ0) is 14.8. The summed E-state index contributed by atoms with van der Waals surface area (Å²) in [5.74, 6) is 1.33. The first kappa shape index (κ1) is 13.8. The second-order valence-electron chi connectivity index (χ2n) is 4.68. The van der Waals surface area contributed by atoms with Crippen molar-refractivity contribution in [2.75, 3.05) is 13.4 Å². The zero-order valence-corrected chi connectivity index (χ0v) is 11.3. The van der Waals surface area contributed by atoms with Gasteiger partial charge in [-0.1, -0.05) is 5.21 Å². The smallest absolute Gasteiger partial charge is 0.231 e. The second kappa shape index (κ2) is 5.68. The molecule has 0 saturated heterocycles. The van der Waals surface area contributed by atoms with Crippen molar-refractivity contribution in [2.45, 2.75) is 19.2 Å². The van der Waals surface area contributed by atoms with Crippen molar-refractivity contribution in [3.63, 3.8) is 0 Å². The topological polar surface area (TPSA) is 116 Å². The fraction of sp³-hybridized carbons (Fsp3) is 0.385. The van der Waals surface area contributed by atoms with E-state index in [2.05, 4.69) is 10.3 Å². The highest BCUT2D eigenvalue weighted by atomic mass is 16.7. The lowest BCUT2D eigenvalue weighted by atomic mass is 10.1. The maximum atomic E-state index is 9.60. The number of rotatable bonds is 5. The number of aliphatic hydroxyl groups is 2. The fourth-order valence-electron chi connectivity index (χ4n) is 2.23. The number of hydrogen-bond donors (Lipinski definition) is 3. The van der Waals surface area contributed by atoms with Gasteiger partial charge in [0.2, 0.25) is 6.79 Å². The van der Waals surface area contributed by atoms with Crippen LogP contribution in [0, 0.1) is 0 Å². The van der Waals surface area contributed by atoms with Crippen molar-refractivity contribution >= 4 is 0 Å². The zero-order valence-electron chi connectivity index (χ0n) is 11.3. The molecule has 4 N–H and O–H groups in total. The van der Waals surface area contributed by atoms with Crippen LogP contribution in [0.25, 0.3) is 11.3 Å². The first-order chi connectivity index (χ1) is 10.2. The Kier molecular flexibility index (Phi) is 3.74. The summed E-state index contributed by atoms with van der Waals surface area (Å²) in [6.07, 6.45) is -0.912. The Balaban J connectivity index is 2.01. The summed E-state index contributed by atoms with van der Waals surface area (Å²) in [6.45, 7) is 0.202. The molecule has 1 aliphatic heterocycles. The summed E-state index contributed by atoms with van der Waals surface area (Å²) in [4.78, 5) is 0. The highest BCUT2D eigenvalue weighted by Crippen LogP contribution is 2.36. The van der Waals surface area contributed by atoms with Gasteiger partial charge in [-0.05, 0) is 18.2 Å². The molecular formula is C13H16N4O4. The number of aromatic nitrogens is 3. The van der Waals surface area contributed by atoms with Gasteiger partial charge in [0, 0.05) is 12.1 Å². The highest BCUT2D eigenvalue weighted by molar-refractivity contribution is 5.66. The Hall–Kier alpha value is -2.16. The standard InChI is InChI=1S/C13H16N4O4/c14-4-10-13(17(16-15-10)5-9(19)6-18)8-1-2-11-12(3-8)21-7-20-11/h1-3,9,18-19H,4-7,14H2. The lowest BCUT2D eigenvalue weighted by molar-refractivity contribution is 0.0782.